The van der Waals surface area contributed by atoms with Crippen LogP contribution in [0.1, 0.15) is 194 Å². The van der Waals surface area contributed by atoms with E-state index in [1.807, 2.05) is 0 Å². The smallest absolute Gasteiger partial charge is 0.0713 e. The molecule has 16 aromatic rings. The Morgan fingerprint density at radius 3 is 0.570 bits per heavy atom. The quantitative estimate of drug-likeness (QED) is 0.113. The van der Waals surface area contributed by atoms with Crippen molar-refractivity contribution < 1.29 is 0 Å². The number of anilines is 6. The first kappa shape index (κ1) is 72.8. The average molecular weight is 1550 g/mol. The van der Waals surface area contributed by atoms with E-state index in [1.165, 1.54) is 201 Å². The first-order chi connectivity index (χ1) is 58.5. The van der Waals surface area contributed by atoms with Crippen LogP contribution in [0.5, 0.6) is 0 Å². The van der Waals surface area contributed by atoms with Crippen molar-refractivity contribution in [3.63, 3.8) is 0 Å². The molecule has 23 rings (SSSR count). The minimum Gasteiger partial charge on any atom is -0.310 e. The monoisotopic (exact) mass is 1550 g/mol. The van der Waals surface area contributed by atoms with Gasteiger partial charge in [-0.25, -0.2) is 0 Å². The second-order valence-corrected chi connectivity index (χ2v) is 38.4. The van der Waals surface area contributed by atoms with E-state index in [9.17, 15) is 0 Å². The molecular formula is C119H96N2. The molecule has 0 aromatic heterocycles. The van der Waals surface area contributed by atoms with Crippen LogP contribution in [-0.4, -0.2) is 0 Å². The van der Waals surface area contributed by atoms with Crippen LogP contribution in [0.15, 0.2) is 340 Å². The molecule has 2 heteroatoms. The zero-order valence-corrected chi connectivity index (χ0v) is 71.0. The third kappa shape index (κ3) is 10.4. The lowest BCUT2D eigenvalue weighted by Crippen LogP contribution is -2.28. The maximum absolute atomic E-state index is 2.53. The van der Waals surface area contributed by atoms with Crippen LogP contribution < -0.4 is 9.80 Å². The van der Waals surface area contributed by atoms with E-state index in [2.05, 4.69) is 457 Å². The van der Waals surface area contributed by atoms with Gasteiger partial charge < -0.3 is 9.80 Å². The summed E-state index contributed by atoms with van der Waals surface area (Å²) in [6.07, 6.45) is 9.35. The highest BCUT2D eigenvalue weighted by Crippen LogP contribution is 2.61. The van der Waals surface area contributed by atoms with Crippen LogP contribution in [0.25, 0.3) is 102 Å². The Balaban J connectivity index is 0.560. The lowest BCUT2D eigenvalue weighted by atomic mass is 9.67. The van der Waals surface area contributed by atoms with Crippen LogP contribution in [-0.2, 0) is 37.9 Å². The Morgan fingerprint density at radius 1 is 0.157 bits per heavy atom. The molecule has 582 valence electrons. The summed E-state index contributed by atoms with van der Waals surface area (Å²) in [6, 6.07) is 131. The fraction of sp³-hybridized carbons (Fsp3) is 0.160. The van der Waals surface area contributed by atoms with Gasteiger partial charge in [0.1, 0.15) is 0 Å². The van der Waals surface area contributed by atoms with Crippen LogP contribution in [0.3, 0.4) is 0 Å². The summed E-state index contributed by atoms with van der Waals surface area (Å²) in [7, 11) is 0. The number of rotatable bonds is 12. The molecule has 0 spiro atoms. The first-order valence-corrected chi connectivity index (χ1v) is 43.4. The van der Waals surface area contributed by atoms with E-state index >= 15 is 0 Å². The normalized spacial score (nSPS) is 16.3. The molecule has 0 amide bonds. The van der Waals surface area contributed by atoms with Gasteiger partial charge in [-0.1, -0.05) is 362 Å². The Kier molecular flexibility index (Phi) is 15.5. The van der Waals surface area contributed by atoms with Gasteiger partial charge in [-0.15, -0.1) is 0 Å². The van der Waals surface area contributed by atoms with Crippen LogP contribution >= 0.6 is 0 Å². The van der Waals surface area contributed by atoms with E-state index < -0.39 is 5.41 Å². The van der Waals surface area contributed by atoms with Crippen molar-refractivity contribution in [3.8, 4) is 77.9 Å². The SMILES string of the molecule is CC1(C)c2ccccc2-c2ccc(N(c3ccc4c(c3)C(C)(C)c3ccccc3-4)c3ccc4c(c3)C(C)(C)c3cc(/C=C/c5ccc6c(c5)C(c5ccccc5)(c5ccccc5)c5cc(/C=C/c7ccc8c(c7)C(C)(C)c7cc(N(c9ccc%10c(c9)C(C)(C)c9ccccc9-%10)c9ccc%10c(c9)C(C)(C)c9ccccc9-%10)ccc7-8)ccc5-6)ccc3-4)cc21. The molecule has 7 aliphatic rings. The molecular weight excluding hydrogens is 1460 g/mol. The number of benzene rings is 16. The number of fused-ring (bicyclic) bond motifs is 21. The van der Waals surface area contributed by atoms with Gasteiger partial charge >= 0.3 is 0 Å². The number of nitrogens with zero attached hydrogens (tertiary/aromatic N) is 2. The summed E-state index contributed by atoms with van der Waals surface area (Å²) >= 11 is 0. The highest BCUT2D eigenvalue weighted by atomic mass is 15.1. The molecule has 0 bridgehead atoms. The molecule has 0 N–H and O–H groups in total. The number of hydrogen-bond donors (Lipinski definition) is 0. The van der Waals surface area contributed by atoms with Gasteiger partial charge in [-0.2, -0.15) is 0 Å². The Labute approximate surface area is 713 Å². The van der Waals surface area contributed by atoms with Crippen LogP contribution in [0.2, 0.25) is 0 Å². The van der Waals surface area contributed by atoms with Crippen molar-refractivity contribution >= 4 is 58.4 Å². The van der Waals surface area contributed by atoms with E-state index in [-0.39, 0.29) is 32.5 Å². The van der Waals surface area contributed by atoms with E-state index in [4.69, 9.17) is 0 Å². The van der Waals surface area contributed by atoms with E-state index in [0.29, 0.717) is 0 Å². The maximum Gasteiger partial charge on any atom is 0.0713 e. The van der Waals surface area contributed by atoms with Crippen molar-refractivity contribution in [2.24, 2.45) is 0 Å². The second kappa shape index (κ2) is 25.8. The van der Waals surface area contributed by atoms with E-state index in [1.54, 1.807) is 0 Å². The Hall–Kier alpha value is -13.4. The van der Waals surface area contributed by atoms with Gasteiger partial charge in [0.15, 0.2) is 0 Å². The first-order valence-electron chi connectivity index (χ1n) is 43.4. The minimum atomic E-state index is -0.603. The van der Waals surface area contributed by atoms with Gasteiger partial charge in [0, 0.05) is 66.6 Å². The summed E-state index contributed by atoms with van der Waals surface area (Å²) in [6.45, 7) is 28.8. The Bertz CT molecular complexity index is 6560. The molecule has 0 unspecified atom stereocenters. The molecule has 0 heterocycles. The molecule has 0 saturated carbocycles. The molecule has 0 saturated heterocycles. The third-order valence-corrected chi connectivity index (χ3v) is 29.7. The van der Waals surface area contributed by atoms with Crippen molar-refractivity contribution in [1.29, 1.82) is 0 Å². The van der Waals surface area contributed by atoms with Gasteiger partial charge in [-0.3, -0.25) is 0 Å². The number of hydrogen-bond acceptors (Lipinski definition) is 2. The van der Waals surface area contributed by atoms with Crippen molar-refractivity contribution in [2.75, 3.05) is 9.80 Å². The average Bonchev–Trinajstić information content (AvgIpc) is 1.56. The lowest BCUT2D eigenvalue weighted by molar-refractivity contribution is 0.659. The lowest BCUT2D eigenvalue weighted by Gasteiger charge is -2.34. The predicted molar refractivity (Wildman–Crippen MR) is 509 cm³/mol. The summed E-state index contributed by atoms with van der Waals surface area (Å²) in [5.41, 5.74) is 49.7. The Morgan fingerprint density at radius 2 is 0.331 bits per heavy atom. The van der Waals surface area contributed by atoms with Gasteiger partial charge in [0.25, 0.3) is 0 Å². The van der Waals surface area contributed by atoms with Gasteiger partial charge in [0.2, 0.25) is 0 Å². The topological polar surface area (TPSA) is 6.48 Å². The van der Waals surface area contributed by atoms with Crippen molar-refractivity contribution in [2.45, 2.75) is 121 Å². The van der Waals surface area contributed by atoms with Crippen LogP contribution in [0, 0.1) is 0 Å². The highest BCUT2D eigenvalue weighted by Gasteiger charge is 2.48. The summed E-state index contributed by atoms with van der Waals surface area (Å²) in [5, 5.41) is 0. The molecule has 121 heavy (non-hydrogen) atoms. The summed E-state index contributed by atoms with van der Waals surface area (Å²) in [4.78, 5) is 5.06. The predicted octanol–water partition coefficient (Wildman–Crippen LogP) is 31.2. The van der Waals surface area contributed by atoms with Crippen molar-refractivity contribution in [1.82, 2.24) is 0 Å². The fourth-order valence-corrected chi connectivity index (χ4v) is 23.3. The molecule has 16 aromatic carbocycles. The molecule has 7 aliphatic carbocycles. The van der Waals surface area contributed by atoms with Gasteiger partial charge in [0.05, 0.1) is 5.41 Å². The second-order valence-electron chi connectivity index (χ2n) is 38.4. The highest BCUT2D eigenvalue weighted by molar-refractivity contribution is 5.96. The van der Waals surface area contributed by atoms with Crippen LogP contribution in [0.4, 0.5) is 34.1 Å². The molecule has 0 aliphatic heterocycles. The maximum atomic E-state index is 2.53. The zero-order valence-electron chi connectivity index (χ0n) is 71.0. The minimum absolute atomic E-state index is 0.149. The zero-order chi connectivity index (χ0) is 82.2. The van der Waals surface area contributed by atoms with Gasteiger partial charge in [-0.05, 0) is 274 Å². The molecule has 2 nitrogen and oxygen atoms in total. The van der Waals surface area contributed by atoms with E-state index in [0.717, 1.165) is 22.5 Å². The summed E-state index contributed by atoms with van der Waals surface area (Å²) in [5.74, 6) is 0. The van der Waals surface area contributed by atoms with Crippen molar-refractivity contribution in [3.05, 3.63) is 451 Å². The fourth-order valence-electron chi connectivity index (χ4n) is 23.3. The standard InChI is InChI=1S/C119H96N2/c1-113(2)99-35-23-19-31-85(99)91-57-47-79(67-105(91)113)120(80-48-58-92-86-32-20-24-36-100(86)114(3,4)106(92)68-80)83-51-61-95-89-53-43-73(63-103(89)117(9,10)109(95)71-83)39-41-75-45-55-97-98-56-46-76(66-112(98)119(111(97)65-75,77-27-15-13-16-28-77)78-29-17-14-18-30-78)42-40-74-44-54-90-96-62-52-84(72-110(96)118(11,12)104(90)64-74)121(81-49-59-93-87-33-21-25-37-101(87)115(5,6)107(93)69-81)82-50-60-94-88-34-22-26-38-102(88)116(7,8)108(94)70-82/h13-72H,1-12H3/b41-39+,42-40+. The third-order valence-electron chi connectivity index (χ3n) is 29.7. The molecule has 0 radical (unpaired) electrons. The molecule has 0 fully saturated rings. The largest absolute Gasteiger partial charge is 0.310 e. The molecule has 0 atom stereocenters. The summed E-state index contributed by atoms with van der Waals surface area (Å²) < 4.78 is 0.